The second-order valence-corrected chi connectivity index (χ2v) is 3.54. The van der Waals surface area contributed by atoms with Gasteiger partial charge in [-0.1, -0.05) is 0 Å². The molecule has 1 atom stereocenters. The van der Waals surface area contributed by atoms with Crippen molar-refractivity contribution in [1.29, 1.82) is 0 Å². The van der Waals surface area contributed by atoms with Crippen LogP contribution in [0.5, 0.6) is 0 Å². The van der Waals surface area contributed by atoms with Crippen LogP contribution in [0.3, 0.4) is 0 Å². The summed E-state index contributed by atoms with van der Waals surface area (Å²) in [5.74, 6) is -1.02. The van der Waals surface area contributed by atoms with Crippen LogP contribution in [0.1, 0.15) is 19.8 Å². The maximum absolute atomic E-state index is 11.4. The predicted octanol–water partition coefficient (Wildman–Crippen LogP) is -0.894. The minimum Gasteiger partial charge on any atom is -0.393 e. The lowest BCUT2D eigenvalue weighted by atomic mass is 10.2. The fourth-order valence-corrected chi connectivity index (χ4v) is 1.35. The Balaban J connectivity index is 2.48. The van der Waals surface area contributed by atoms with Gasteiger partial charge < -0.3 is 15.3 Å². The Morgan fingerprint density at radius 1 is 1.57 bits per heavy atom. The van der Waals surface area contributed by atoms with E-state index in [2.05, 4.69) is 5.32 Å². The van der Waals surface area contributed by atoms with Crippen molar-refractivity contribution >= 4 is 11.8 Å². The Labute approximate surface area is 83.1 Å². The van der Waals surface area contributed by atoms with Crippen molar-refractivity contribution < 1.29 is 14.7 Å². The van der Waals surface area contributed by atoms with Crippen LogP contribution in [0.15, 0.2) is 0 Å². The number of hydrogen-bond acceptors (Lipinski definition) is 3. The topological polar surface area (TPSA) is 69.6 Å². The van der Waals surface area contributed by atoms with Gasteiger partial charge in [0.05, 0.1) is 6.10 Å². The van der Waals surface area contributed by atoms with Gasteiger partial charge in [-0.3, -0.25) is 9.59 Å². The average molecular weight is 200 g/mol. The van der Waals surface area contributed by atoms with Gasteiger partial charge >= 0.3 is 11.8 Å². The van der Waals surface area contributed by atoms with E-state index in [0.29, 0.717) is 26.1 Å². The van der Waals surface area contributed by atoms with Gasteiger partial charge in [0.25, 0.3) is 0 Å². The number of carbonyl (C=O) groups is 2. The highest BCUT2D eigenvalue weighted by atomic mass is 16.3. The molecule has 0 aromatic rings. The van der Waals surface area contributed by atoms with Crippen molar-refractivity contribution in [2.75, 3.05) is 19.6 Å². The van der Waals surface area contributed by atoms with Gasteiger partial charge in [0, 0.05) is 19.6 Å². The summed E-state index contributed by atoms with van der Waals surface area (Å²) in [7, 11) is 0. The fourth-order valence-electron chi connectivity index (χ4n) is 1.35. The van der Waals surface area contributed by atoms with Gasteiger partial charge in [-0.05, 0) is 19.8 Å². The molecule has 0 spiro atoms. The summed E-state index contributed by atoms with van der Waals surface area (Å²) in [5, 5.41) is 11.6. The first-order valence-corrected chi connectivity index (χ1v) is 4.86. The molecule has 1 rings (SSSR count). The second kappa shape index (κ2) is 4.95. The lowest BCUT2D eigenvalue weighted by Crippen LogP contribution is -2.40. The van der Waals surface area contributed by atoms with E-state index >= 15 is 0 Å². The van der Waals surface area contributed by atoms with E-state index in [1.165, 1.54) is 4.90 Å². The summed E-state index contributed by atoms with van der Waals surface area (Å²) < 4.78 is 0. The summed E-state index contributed by atoms with van der Waals surface area (Å²) in [4.78, 5) is 24.0. The monoisotopic (exact) mass is 200 g/mol. The van der Waals surface area contributed by atoms with E-state index in [4.69, 9.17) is 5.11 Å². The van der Waals surface area contributed by atoms with Gasteiger partial charge in [0.2, 0.25) is 0 Å². The molecular weight excluding hydrogens is 184 g/mol. The highest BCUT2D eigenvalue weighted by molar-refractivity contribution is 6.35. The van der Waals surface area contributed by atoms with Crippen molar-refractivity contribution in [1.82, 2.24) is 10.2 Å². The molecule has 0 aromatic carbocycles. The molecule has 0 aliphatic carbocycles. The third-order valence-electron chi connectivity index (χ3n) is 2.19. The molecule has 1 heterocycles. The Hall–Kier alpha value is -1.10. The van der Waals surface area contributed by atoms with Crippen LogP contribution in [0.4, 0.5) is 0 Å². The fraction of sp³-hybridized carbons (Fsp3) is 0.778. The van der Waals surface area contributed by atoms with Gasteiger partial charge in [0.1, 0.15) is 0 Å². The minimum atomic E-state index is -0.534. The van der Waals surface area contributed by atoms with Gasteiger partial charge in [-0.15, -0.1) is 0 Å². The molecule has 2 amide bonds. The summed E-state index contributed by atoms with van der Waals surface area (Å²) in [6.07, 6.45) is 0.852. The maximum atomic E-state index is 11.4. The normalized spacial score (nSPS) is 20.3. The molecule has 1 saturated heterocycles. The molecule has 1 aliphatic heterocycles. The van der Waals surface area contributed by atoms with Gasteiger partial charge in [0.15, 0.2) is 0 Å². The van der Waals surface area contributed by atoms with E-state index < -0.39 is 17.9 Å². The number of rotatable bonds is 3. The molecule has 1 fully saturated rings. The zero-order valence-electron chi connectivity index (χ0n) is 8.32. The van der Waals surface area contributed by atoms with Crippen molar-refractivity contribution in [2.24, 2.45) is 0 Å². The lowest BCUT2D eigenvalue weighted by Gasteiger charge is -2.19. The molecule has 0 saturated carbocycles. The van der Waals surface area contributed by atoms with E-state index in [-0.39, 0.29) is 0 Å². The Morgan fingerprint density at radius 3 is 2.93 bits per heavy atom. The largest absolute Gasteiger partial charge is 0.393 e. The molecule has 5 heteroatoms. The van der Waals surface area contributed by atoms with Crippen LogP contribution in [-0.4, -0.2) is 47.6 Å². The van der Waals surface area contributed by atoms with Crippen LogP contribution in [0.25, 0.3) is 0 Å². The third-order valence-corrected chi connectivity index (χ3v) is 2.19. The summed E-state index contributed by atoms with van der Waals surface area (Å²) in [6, 6.07) is 0. The Morgan fingerprint density at radius 2 is 2.29 bits per heavy atom. The van der Waals surface area contributed by atoms with E-state index in [1.54, 1.807) is 6.92 Å². The highest BCUT2D eigenvalue weighted by Gasteiger charge is 2.23. The molecule has 0 aromatic heterocycles. The predicted molar refractivity (Wildman–Crippen MR) is 50.5 cm³/mol. The van der Waals surface area contributed by atoms with Crippen molar-refractivity contribution in [2.45, 2.75) is 25.9 Å². The first-order chi connectivity index (χ1) is 6.61. The number of carbonyl (C=O) groups excluding carboxylic acids is 2. The lowest BCUT2D eigenvalue weighted by molar-refractivity contribution is -0.145. The van der Waals surface area contributed by atoms with E-state index in [0.717, 1.165) is 6.42 Å². The number of nitrogens with one attached hydrogen (secondary N) is 1. The number of aliphatic hydroxyl groups is 1. The molecular formula is C9H16N2O3. The van der Waals surface area contributed by atoms with Gasteiger partial charge in [-0.2, -0.15) is 0 Å². The molecule has 14 heavy (non-hydrogen) atoms. The maximum Gasteiger partial charge on any atom is 0.311 e. The Bertz CT molecular complexity index is 228. The molecule has 5 nitrogen and oxygen atoms in total. The SMILES string of the molecule is CC(O)CCN1CCCNC(=O)C1=O. The first-order valence-electron chi connectivity index (χ1n) is 4.86. The van der Waals surface area contributed by atoms with Crippen LogP contribution in [-0.2, 0) is 9.59 Å². The molecule has 0 bridgehead atoms. The number of hydrogen-bond donors (Lipinski definition) is 2. The third kappa shape index (κ3) is 2.99. The number of amides is 2. The average Bonchev–Trinajstić information content (AvgIpc) is 2.28. The first kappa shape index (κ1) is 11.0. The summed E-state index contributed by atoms with van der Waals surface area (Å²) in [5.41, 5.74) is 0. The highest BCUT2D eigenvalue weighted by Crippen LogP contribution is 2.01. The van der Waals surface area contributed by atoms with Crippen molar-refractivity contribution in [3.63, 3.8) is 0 Å². The van der Waals surface area contributed by atoms with E-state index in [9.17, 15) is 9.59 Å². The molecule has 2 N–H and O–H groups in total. The molecule has 1 unspecified atom stereocenters. The minimum absolute atomic E-state index is 0.436. The van der Waals surface area contributed by atoms with Crippen LogP contribution in [0.2, 0.25) is 0 Å². The van der Waals surface area contributed by atoms with Crippen molar-refractivity contribution in [3.8, 4) is 0 Å². The van der Waals surface area contributed by atoms with Crippen LogP contribution >= 0.6 is 0 Å². The molecule has 0 radical (unpaired) electrons. The van der Waals surface area contributed by atoms with Crippen molar-refractivity contribution in [3.05, 3.63) is 0 Å². The summed E-state index contributed by atoms with van der Waals surface area (Å²) >= 11 is 0. The van der Waals surface area contributed by atoms with Crippen LogP contribution < -0.4 is 5.32 Å². The smallest absolute Gasteiger partial charge is 0.311 e. The molecule has 80 valence electrons. The van der Waals surface area contributed by atoms with Gasteiger partial charge in [-0.25, -0.2) is 0 Å². The van der Waals surface area contributed by atoms with Crippen LogP contribution in [0, 0.1) is 0 Å². The zero-order valence-corrected chi connectivity index (χ0v) is 8.32. The quantitative estimate of drug-likeness (QED) is 0.580. The molecule has 1 aliphatic rings. The standard InChI is InChI=1S/C9H16N2O3/c1-7(12)3-6-11-5-2-4-10-8(13)9(11)14/h7,12H,2-6H2,1H3,(H,10,13). The Kier molecular flexibility index (Phi) is 3.88. The zero-order chi connectivity index (χ0) is 10.6. The van der Waals surface area contributed by atoms with E-state index in [1.807, 2.05) is 0 Å². The summed E-state index contributed by atoms with van der Waals surface area (Å²) in [6.45, 7) is 3.26. The second-order valence-electron chi connectivity index (χ2n) is 3.54. The number of nitrogens with zero attached hydrogens (tertiary/aromatic N) is 1. The number of aliphatic hydroxyl groups excluding tert-OH is 1.